The first kappa shape index (κ1) is 18.0. The Bertz CT molecular complexity index is 930. The summed E-state index contributed by atoms with van der Waals surface area (Å²) in [5.74, 6) is -0.371. The summed E-state index contributed by atoms with van der Waals surface area (Å²) in [5.41, 5.74) is 3.63. The van der Waals surface area contributed by atoms with Gasteiger partial charge in [-0.3, -0.25) is 4.79 Å². The van der Waals surface area contributed by atoms with Crippen molar-refractivity contribution in [2.75, 3.05) is 16.8 Å². The van der Waals surface area contributed by atoms with Crippen molar-refractivity contribution < 1.29 is 9.18 Å². The van der Waals surface area contributed by atoms with E-state index in [1.54, 1.807) is 23.5 Å². The minimum absolute atomic E-state index is 0.130. The lowest BCUT2D eigenvalue weighted by Gasteiger charge is -2.36. The maximum Gasteiger partial charge on any atom is 0.244 e. The molecule has 2 aliphatic rings. The van der Waals surface area contributed by atoms with Crippen molar-refractivity contribution >= 4 is 27.9 Å². The Labute approximate surface area is 162 Å². The summed E-state index contributed by atoms with van der Waals surface area (Å²) in [4.78, 5) is 16.0. The minimum Gasteiger partial charge on any atom is -0.359 e. The zero-order valence-corrected chi connectivity index (χ0v) is 16.2. The number of nitrogens with one attached hydrogen (secondary N) is 1. The normalized spacial score (nSPS) is 18.4. The van der Waals surface area contributed by atoms with Crippen molar-refractivity contribution in [1.82, 2.24) is 0 Å². The van der Waals surface area contributed by atoms with Gasteiger partial charge in [-0.2, -0.15) is 5.26 Å². The molecular formula is C21H22FN3OS. The van der Waals surface area contributed by atoms with Crippen LogP contribution < -0.4 is 10.2 Å². The largest absolute Gasteiger partial charge is 0.359 e. The third-order valence-electron chi connectivity index (χ3n) is 5.56. The van der Waals surface area contributed by atoms with E-state index in [1.165, 1.54) is 10.9 Å². The van der Waals surface area contributed by atoms with Gasteiger partial charge in [-0.25, -0.2) is 4.39 Å². The second-order valence-electron chi connectivity index (χ2n) is 7.36. The molecule has 2 aromatic rings. The first-order valence-corrected chi connectivity index (χ1v) is 10.3. The molecule has 1 aliphatic carbocycles. The van der Waals surface area contributed by atoms with E-state index in [9.17, 15) is 14.4 Å². The van der Waals surface area contributed by atoms with Gasteiger partial charge < -0.3 is 10.2 Å². The van der Waals surface area contributed by atoms with Crippen LogP contribution in [0, 0.1) is 17.1 Å². The summed E-state index contributed by atoms with van der Waals surface area (Å²) in [7, 11) is 0. The van der Waals surface area contributed by atoms with E-state index in [4.69, 9.17) is 0 Å². The van der Waals surface area contributed by atoms with Gasteiger partial charge in [0, 0.05) is 16.6 Å². The summed E-state index contributed by atoms with van der Waals surface area (Å²) in [5, 5.41) is 13.2. The van der Waals surface area contributed by atoms with Crippen molar-refractivity contribution in [2.45, 2.75) is 51.5 Å². The molecule has 1 N–H and O–H groups in total. The van der Waals surface area contributed by atoms with E-state index in [1.807, 2.05) is 4.90 Å². The Morgan fingerprint density at radius 2 is 2.19 bits per heavy atom. The third-order valence-corrected chi connectivity index (χ3v) is 6.77. The summed E-state index contributed by atoms with van der Waals surface area (Å²) in [6.45, 7) is 2.29. The lowest BCUT2D eigenvalue weighted by atomic mass is 9.96. The minimum atomic E-state index is -0.240. The molecule has 4 nitrogen and oxygen atoms in total. The second kappa shape index (κ2) is 7.32. The fraction of sp³-hybridized carbons (Fsp3) is 0.429. The predicted molar refractivity (Wildman–Crippen MR) is 106 cm³/mol. The Hall–Kier alpha value is -2.39. The van der Waals surface area contributed by atoms with Gasteiger partial charge >= 0.3 is 0 Å². The highest BCUT2D eigenvalue weighted by Gasteiger charge is 2.27. The summed E-state index contributed by atoms with van der Waals surface area (Å²) in [6, 6.07) is 7.26. The molecule has 1 atom stereocenters. The monoisotopic (exact) mass is 383 g/mol. The standard InChI is InChI=1S/C21H22FN3OS/c1-13-6-7-14-10-15(22)8-9-18(14)25(13)12-20(26)24-21-17(11-23)16-4-2-3-5-19(16)27-21/h8-10,13H,2-7,12H2,1H3,(H,24,26). The van der Waals surface area contributed by atoms with Crippen molar-refractivity contribution in [3.8, 4) is 6.07 Å². The smallest absolute Gasteiger partial charge is 0.244 e. The van der Waals surface area contributed by atoms with E-state index in [2.05, 4.69) is 18.3 Å². The molecule has 0 bridgehead atoms. The SMILES string of the molecule is CC1CCc2cc(F)ccc2N1CC(=O)Nc1sc2c(c1C#N)CCCC2. The van der Waals surface area contributed by atoms with Gasteiger partial charge in [0.1, 0.15) is 16.9 Å². The number of rotatable bonds is 3. The third kappa shape index (κ3) is 3.44. The quantitative estimate of drug-likeness (QED) is 0.854. The predicted octanol–water partition coefficient (Wildman–Crippen LogP) is 4.42. The fourth-order valence-electron chi connectivity index (χ4n) is 4.13. The summed E-state index contributed by atoms with van der Waals surface area (Å²) < 4.78 is 13.5. The van der Waals surface area contributed by atoms with Gasteiger partial charge in [-0.1, -0.05) is 0 Å². The molecule has 0 saturated carbocycles. The average molecular weight is 383 g/mol. The van der Waals surface area contributed by atoms with Crippen LogP contribution >= 0.6 is 11.3 Å². The van der Waals surface area contributed by atoms with Crippen LogP contribution in [0.5, 0.6) is 0 Å². The number of hydrogen-bond donors (Lipinski definition) is 1. The number of fused-ring (bicyclic) bond motifs is 2. The molecule has 6 heteroatoms. The van der Waals surface area contributed by atoms with Gasteiger partial charge in [0.15, 0.2) is 0 Å². The molecule has 140 valence electrons. The number of thiophene rings is 1. The zero-order valence-electron chi connectivity index (χ0n) is 15.3. The molecule has 1 aromatic carbocycles. The number of aryl methyl sites for hydroxylation is 2. The van der Waals surface area contributed by atoms with Gasteiger partial charge in [0.05, 0.1) is 12.1 Å². The fourth-order valence-corrected chi connectivity index (χ4v) is 5.38. The number of anilines is 2. The van der Waals surface area contributed by atoms with Crippen LogP contribution in [0.2, 0.25) is 0 Å². The molecule has 0 radical (unpaired) electrons. The number of carbonyl (C=O) groups excluding carboxylic acids is 1. The van der Waals surface area contributed by atoms with E-state index >= 15 is 0 Å². The van der Waals surface area contributed by atoms with Crippen LogP contribution in [0.1, 0.15) is 47.8 Å². The highest BCUT2D eigenvalue weighted by molar-refractivity contribution is 7.16. The number of nitrogens with zero attached hydrogens (tertiary/aromatic N) is 2. The lowest BCUT2D eigenvalue weighted by Crippen LogP contribution is -2.42. The molecule has 0 fully saturated rings. The maximum absolute atomic E-state index is 13.5. The number of halogens is 1. The van der Waals surface area contributed by atoms with Crippen LogP contribution in [0.3, 0.4) is 0 Å². The molecule has 0 saturated heterocycles. The zero-order chi connectivity index (χ0) is 19.0. The van der Waals surface area contributed by atoms with E-state index in [-0.39, 0.29) is 24.3 Å². The number of benzene rings is 1. The Balaban J connectivity index is 1.54. The van der Waals surface area contributed by atoms with Gasteiger partial charge in [0.25, 0.3) is 0 Å². The van der Waals surface area contributed by atoms with Crippen molar-refractivity contribution in [3.63, 3.8) is 0 Å². The molecule has 0 spiro atoms. The van der Waals surface area contributed by atoms with Crippen LogP contribution in [0.25, 0.3) is 0 Å². The summed E-state index contributed by atoms with van der Waals surface area (Å²) in [6.07, 6.45) is 5.87. The molecular weight excluding hydrogens is 361 g/mol. The first-order chi connectivity index (χ1) is 13.1. The maximum atomic E-state index is 13.5. The van der Waals surface area contributed by atoms with Crippen molar-refractivity contribution in [3.05, 3.63) is 45.6 Å². The molecule has 1 unspecified atom stereocenters. The van der Waals surface area contributed by atoms with Crippen LogP contribution in [0.15, 0.2) is 18.2 Å². The van der Waals surface area contributed by atoms with E-state index in [0.29, 0.717) is 10.6 Å². The average Bonchev–Trinajstić information content (AvgIpc) is 3.00. The lowest BCUT2D eigenvalue weighted by molar-refractivity contribution is -0.115. The first-order valence-electron chi connectivity index (χ1n) is 9.46. The van der Waals surface area contributed by atoms with Crippen molar-refractivity contribution in [1.29, 1.82) is 5.26 Å². The van der Waals surface area contributed by atoms with E-state index in [0.717, 1.165) is 55.3 Å². The summed E-state index contributed by atoms with van der Waals surface area (Å²) >= 11 is 1.54. The molecule has 1 amide bonds. The molecule has 2 heterocycles. The van der Waals surface area contributed by atoms with Crippen molar-refractivity contribution in [2.24, 2.45) is 0 Å². The number of nitriles is 1. The highest BCUT2D eigenvalue weighted by atomic mass is 32.1. The topological polar surface area (TPSA) is 56.1 Å². The Morgan fingerprint density at radius 3 is 3.00 bits per heavy atom. The number of hydrogen-bond acceptors (Lipinski definition) is 4. The second-order valence-corrected chi connectivity index (χ2v) is 8.47. The number of carbonyl (C=O) groups is 1. The molecule has 1 aromatic heterocycles. The van der Waals surface area contributed by atoms with Crippen LogP contribution in [-0.4, -0.2) is 18.5 Å². The van der Waals surface area contributed by atoms with Gasteiger partial charge in [-0.05, 0) is 74.8 Å². The molecule has 27 heavy (non-hydrogen) atoms. The Morgan fingerprint density at radius 1 is 1.37 bits per heavy atom. The number of amides is 1. The highest BCUT2D eigenvalue weighted by Crippen LogP contribution is 2.38. The van der Waals surface area contributed by atoms with Gasteiger partial charge in [0.2, 0.25) is 5.91 Å². The van der Waals surface area contributed by atoms with Crippen LogP contribution in [-0.2, 0) is 24.1 Å². The van der Waals surface area contributed by atoms with Gasteiger partial charge in [-0.15, -0.1) is 11.3 Å². The van der Waals surface area contributed by atoms with Crippen LogP contribution in [0.4, 0.5) is 15.1 Å². The van der Waals surface area contributed by atoms with E-state index < -0.39 is 0 Å². The molecule has 1 aliphatic heterocycles. The molecule has 4 rings (SSSR count). The Kier molecular flexibility index (Phi) is 4.88.